The van der Waals surface area contributed by atoms with Gasteiger partial charge in [0.15, 0.2) is 0 Å². The maximum Gasteiger partial charge on any atom is 0.270 e. The summed E-state index contributed by atoms with van der Waals surface area (Å²) < 4.78 is 14.7. The molecule has 6 heteroatoms. The van der Waals surface area contributed by atoms with E-state index < -0.39 is 0 Å². The lowest BCUT2D eigenvalue weighted by molar-refractivity contribution is 0.0781. The summed E-state index contributed by atoms with van der Waals surface area (Å²) in [5.74, 6) is -0.484. The lowest BCUT2D eigenvalue weighted by Crippen LogP contribution is -2.26. The fourth-order valence-electron chi connectivity index (χ4n) is 2.18. The van der Waals surface area contributed by atoms with Crippen LogP contribution in [0, 0.1) is 5.82 Å². The van der Waals surface area contributed by atoms with Gasteiger partial charge in [0.1, 0.15) is 11.5 Å². The van der Waals surface area contributed by atoms with Crippen molar-refractivity contribution >= 4 is 44.1 Å². The van der Waals surface area contributed by atoms with Crippen molar-refractivity contribution in [2.24, 2.45) is 0 Å². The molecule has 3 rings (SSSR count). The minimum absolute atomic E-state index is 0.157. The molecule has 0 radical (unpaired) electrons. The van der Waals surface area contributed by atoms with E-state index in [1.165, 1.54) is 6.07 Å². The van der Waals surface area contributed by atoms with Crippen LogP contribution in [0.25, 0.3) is 10.9 Å². The molecule has 0 fully saturated rings. The molecule has 1 amide bonds. The average molecular weight is 367 g/mol. The maximum absolute atomic E-state index is 13.7. The molecule has 1 N–H and O–H groups in total. The Morgan fingerprint density at radius 1 is 1.38 bits per heavy atom. The second-order valence-electron chi connectivity index (χ2n) is 4.75. The van der Waals surface area contributed by atoms with Crippen LogP contribution in [0.3, 0.4) is 0 Å². The van der Waals surface area contributed by atoms with Crippen LogP contribution in [0.2, 0.25) is 0 Å². The van der Waals surface area contributed by atoms with Crippen molar-refractivity contribution in [3.63, 3.8) is 0 Å². The van der Waals surface area contributed by atoms with Gasteiger partial charge in [0.25, 0.3) is 5.91 Å². The number of thiophene rings is 1. The fourth-order valence-corrected chi connectivity index (χ4v) is 3.72. The minimum atomic E-state index is -0.326. The van der Waals surface area contributed by atoms with Crippen molar-refractivity contribution in [3.05, 3.63) is 56.6 Å². The lowest BCUT2D eigenvalue weighted by atomic mass is 10.2. The van der Waals surface area contributed by atoms with Gasteiger partial charge in [-0.1, -0.05) is 6.07 Å². The summed E-state index contributed by atoms with van der Waals surface area (Å²) in [6, 6.07) is 10.3. The number of benzene rings is 1. The van der Waals surface area contributed by atoms with E-state index in [-0.39, 0.29) is 11.7 Å². The number of nitrogens with one attached hydrogen (secondary N) is 1. The lowest BCUT2D eigenvalue weighted by Gasteiger charge is -2.15. The molecule has 2 aromatic heterocycles. The summed E-state index contributed by atoms with van der Waals surface area (Å²) in [5, 5.41) is 0.438. The number of hydrogen-bond acceptors (Lipinski definition) is 2. The van der Waals surface area contributed by atoms with E-state index in [1.54, 1.807) is 41.5 Å². The third-order valence-corrected chi connectivity index (χ3v) is 4.82. The number of carbonyl (C=O) groups excluding carboxylic acids is 1. The number of hydrogen-bond donors (Lipinski definition) is 1. The highest BCUT2D eigenvalue weighted by Crippen LogP contribution is 2.24. The Morgan fingerprint density at radius 3 is 2.86 bits per heavy atom. The smallest absolute Gasteiger partial charge is 0.270 e. The number of carbonyl (C=O) groups is 1. The molecular formula is C15H12BrFN2OS. The molecule has 0 aliphatic rings. The van der Waals surface area contributed by atoms with E-state index in [9.17, 15) is 9.18 Å². The fraction of sp³-hybridized carbons (Fsp3) is 0.133. The van der Waals surface area contributed by atoms with Gasteiger partial charge in [0, 0.05) is 22.8 Å². The number of rotatable bonds is 3. The number of halogens is 2. The van der Waals surface area contributed by atoms with Crippen molar-refractivity contribution < 1.29 is 9.18 Å². The van der Waals surface area contributed by atoms with Gasteiger partial charge in [-0.15, -0.1) is 11.3 Å². The van der Waals surface area contributed by atoms with Crippen LogP contribution in [0.15, 0.2) is 40.2 Å². The Labute approximate surface area is 133 Å². The molecular weight excluding hydrogens is 355 g/mol. The Bertz CT molecular complexity index is 811. The quantitative estimate of drug-likeness (QED) is 0.732. The van der Waals surface area contributed by atoms with Gasteiger partial charge >= 0.3 is 0 Å². The van der Waals surface area contributed by atoms with E-state index in [0.29, 0.717) is 23.1 Å². The molecule has 3 nitrogen and oxygen atoms in total. The Balaban J connectivity index is 1.84. The van der Waals surface area contributed by atoms with Gasteiger partial charge in [0.05, 0.1) is 10.3 Å². The van der Waals surface area contributed by atoms with E-state index in [0.717, 1.165) is 8.66 Å². The van der Waals surface area contributed by atoms with Crippen LogP contribution >= 0.6 is 27.3 Å². The van der Waals surface area contributed by atoms with Gasteiger partial charge in [-0.2, -0.15) is 0 Å². The van der Waals surface area contributed by atoms with Crippen LogP contribution < -0.4 is 0 Å². The molecule has 0 aliphatic heterocycles. The Kier molecular flexibility index (Phi) is 3.82. The highest BCUT2D eigenvalue weighted by molar-refractivity contribution is 9.11. The van der Waals surface area contributed by atoms with E-state index in [1.807, 2.05) is 12.1 Å². The number of amides is 1. The molecule has 0 saturated carbocycles. The van der Waals surface area contributed by atoms with Gasteiger partial charge < -0.3 is 9.88 Å². The SMILES string of the molecule is CN(Cc1ccc(Br)s1)C(=O)c1cc2c(F)cccc2[nH]1. The monoisotopic (exact) mass is 366 g/mol. The zero-order chi connectivity index (χ0) is 15.0. The summed E-state index contributed by atoms with van der Waals surface area (Å²) in [5.41, 5.74) is 1.03. The number of H-pyrrole nitrogens is 1. The number of fused-ring (bicyclic) bond motifs is 1. The Morgan fingerprint density at radius 2 is 2.19 bits per heavy atom. The first kappa shape index (κ1) is 14.3. The summed E-state index contributed by atoms with van der Waals surface area (Å²) in [7, 11) is 1.73. The third-order valence-electron chi connectivity index (χ3n) is 3.21. The molecule has 108 valence electrons. The maximum atomic E-state index is 13.7. The van der Waals surface area contributed by atoms with Crippen LogP contribution in [-0.4, -0.2) is 22.8 Å². The zero-order valence-electron chi connectivity index (χ0n) is 11.2. The highest BCUT2D eigenvalue weighted by atomic mass is 79.9. The summed E-state index contributed by atoms with van der Waals surface area (Å²) in [6.45, 7) is 0.521. The van der Waals surface area contributed by atoms with Crippen LogP contribution in [-0.2, 0) is 6.54 Å². The number of aromatic amines is 1. The molecule has 3 aromatic rings. The van der Waals surface area contributed by atoms with Crippen molar-refractivity contribution in [1.29, 1.82) is 0 Å². The predicted octanol–water partition coefficient (Wildman–Crippen LogP) is 4.40. The second-order valence-corrected chi connectivity index (χ2v) is 7.30. The summed E-state index contributed by atoms with van der Waals surface area (Å²) >= 11 is 4.99. The van der Waals surface area contributed by atoms with E-state index >= 15 is 0 Å². The second kappa shape index (κ2) is 5.61. The summed E-state index contributed by atoms with van der Waals surface area (Å²) in [4.78, 5) is 18.1. The highest BCUT2D eigenvalue weighted by Gasteiger charge is 2.16. The summed E-state index contributed by atoms with van der Waals surface area (Å²) in [6.07, 6.45) is 0. The first-order valence-corrected chi connectivity index (χ1v) is 7.92. The Hall–Kier alpha value is -1.66. The topological polar surface area (TPSA) is 36.1 Å². The molecule has 0 atom stereocenters. The zero-order valence-corrected chi connectivity index (χ0v) is 13.6. The number of nitrogens with zero attached hydrogens (tertiary/aromatic N) is 1. The molecule has 0 aliphatic carbocycles. The van der Waals surface area contributed by atoms with Crippen molar-refractivity contribution in [3.8, 4) is 0 Å². The molecule has 0 unspecified atom stereocenters. The molecule has 0 spiro atoms. The van der Waals surface area contributed by atoms with Crippen LogP contribution in [0.5, 0.6) is 0 Å². The molecule has 21 heavy (non-hydrogen) atoms. The average Bonchev–Trinajstić information content (AvgIpc) is 3.05. The third kappa shape index (κ3) is 2.87. The van der Waals surface area contributed by atoms with Crippen molar-refractivity contribution in [2.45, 2.75) is 6.54 Å². The largest absolute Gasteiger partial charge is 0.350 e. The predicted molar refractivity (Wildman–Crippen MR) is 86.1 cm³/mol. The standard InChI is InChI=1S/C15H12BrFN2OS/c1-19(8-9-5-6-14(16)21-9)15(20)13-7-10-11(17)3-2-4-12(10)18-13/h2-7,18H,8H2,1H3. The van der Waals surface area contributed by atoms with Crippen LogP contribution in [0.1, 0.15) is 15.4 Å². The normalized spacial score (nSPS) is 11.0. The van der Waals surface area contributed by atoms with Gasteiger partial charge in [-0.05, 0) is 46.3 Å². The minimum Gasteiger partial charge on any atom is -0.350 e. The van der Waals surface area contributed by atoms with Gasteiger partial charge in [-0.3, -0.25) is 4.79 Å². The first-order chi connectivity index (χ1) is 10.0. The van der Waals surface area contributed by atoms with Crippen LogP contribution in [0.4, 0.5) is 4.39 Å². The van der Waals surface area contributed by atoms with Crippen molar-refractivity contribution in [2.75, 3.05) is 7.05 Å². The first-order valence-electron chi connectivity index (χ1n) is 6.31. The number of aromatic nitrogens is 1. The molecule has 0 bridgehead atoms. The van der Waals surface area contributed by atoms with E-state index in [2.05, 4.69) is 20.9 Å². The van der Waals surface area contributed by atoms with Gasteiger partial charge in [-0.25, -0.2) is 4.39 Å². The molecule has 2 heterocycles. The van der Waals surface area contributed by atoms with Crippen molar-refractivity contribution in [1.82, 2.24) is 9.88 Å². The van der Waals surface area contributed by atoms with Gasteiger partial charge in [0.2, 0.25) is 0 Å². The molecule has 0 saturated heterocycles. The molecule has 1 aromatic carbocycles. The van der Waals surface area contributed by atoms with E-state index in [4.69, 9.17) is 0 Å².